The Morgan fingerprint density at radius 3 is 2.56 bits per heavy atom. The molecular weight excluding hydrogens is 432 g/mol. The summed E-state index contributed by atoms with van der Waals surface area (Å²) in [5, 5.41) is 10.8. The van der Waals surface area contributed by atoms with Crippen LogP contribution >= 0.6 is 0 Å². The van der Waals surface area contributed by atoms with Gasteiger partial charge in [0.15, 0.2) is 0 Å². The Bertz CT molecular complexity index is 1110. The van der Waals surface area contributed by atoms with Gasteiger partial charge in [0.05, 0.1) is 17.2 Å². The standard InChI is InChI=1S/C27H32N2O5/c1-17-13-21-14-20(4-5-22(21)27(32)34-17)25(30)15-29-11-9-28(10-12-29)8-7-19-3-6-23-24(18(19)2)16-33-26(23)31/h3-6,14,17,25,30H,7-13,15-16H2,1-2H3. The summed E-state index contributed by atoms with van der Waals surface area (Å²) in [7, 11) is 0. The van der Waals surface area contributed by atoms with E-state index in [-0.39, 0.29) is 18.0 Å². The van der Waals surface area contributed by atoms with Gasteiger partial charge in [-0.25, -0.2) is 9.59 Å². The van der Waals surface area contributed by atoms with E-state index < -0.39 is 6.10 Å². The Kier molecular flexibility index (Phi) is 6.42. The van der Waals surface area contributed by atoms with E-state index in [0.29, 0.717) is 30.7 Å². The highest BCUT2D eigenvalue weighted by Crippen LogP contribution is 2.27. The van der Waals surface area contributed by atoms with Crippen LogP contribution in [0, 0.1) is 6.92 Å². The maximum absolute atomic E-state index is 12.0. The zero-order chi connectivity index (χ0) is 23.8. The van der Waals surface area contributed by atoms with Crippen LogP contribution in [0.3, 0.4) is 0 Å². The Morgan fingerprint density at radius 1 is 1.03 bits per heavy atom. The van der Waals surface area contributed by atoms with Crippen LogP contribution in [0.25, 0.3) is 0 Å². The average molecular weight is 465 g/mol. The molecule has 0 spiro atoms. The maximum Gasteiger partial charge on any atom is 0.338 e. The van der Waals surface area contributed by atoms with Crippen LogP contribution in [-0.4, -0.2) is 72.2 Å². The maximum atomic E-state index is 12.0. The van der Waals surface area contributed by atoms with Crippen LogP contribution in [0.15, 0.2) is 30.3 Å². The van der Waals surface area contributed by atoms with Crippen LogP contribution < -0.4 is 0 Å². The van der Waals surface area contributed by atoms with E-state index in [0.717, 1.165) is 55.8 Å². The molecule has 2 aromatic rings. The highest BCUT2D eigenvalue weighted by Gasteiger charge is 2.26. The lowest BCUT2D eigenvalue weighted by molar-refractivity contribution is 0.0299. The number of cyclic esters (lactones) is 2. The SMILES string of the molecule is Cc1c(CCN2CCN(CC(O)c3ccc4c(c3)CC(C)OC4=O)CC2)ccc2c1COC2=O. The molecule has 34 heavy (non-hydrogen) atoms. The molecule has 1 saturated heterocycles. The van der Waals surface area contributed by atoms with E-state index in [9.17, 15) is 14.7 Å². The number of β-amino-alcohol motifs (C(OH)–C–C–N with tert-alkyl or cyclic N) is 1. The Hall–Kier alpha value is -2.74. The van der Waals surface area contributed by atoms with Gasteiger partial charge in [0.25, 0.3) is 0 Å². The molecule has 7 nitrogen and oxygen atoms in total. The number of carbonyl (C=O) groups is 2. The van der Waals surface area contributed by atoms with Crippen molar-refractivity contribution >= 4 is 11.9 Å². The van der Waals surface area contributed by atoms with E-state index in [2.05, 4.69) is 22.8 Å². The van der Waals surface area contributed by atoms with E-state index in [1.807, 2.05) is 25.1 Å². The summed E-state index contributed by atoms with van der Waals surface area (Å²) in [4.78, 5) is 28.6. The van der Waals surface area contributed by atoms with Crippen molar-refractivity contribution in [2.75, 3.05) is 39.3 Å². The van der Waals surface area contributed by atoms with Gasteiger partial charge in [0.1, 0.15) is 12.7 Å². The summed E-state index contributed by atoms with van der Waals surface area (Å²) in [5.41, 5.74) is 6.64. The van der Waals surface area contributed by atoms with Gasteiger partial charge in [-0.3, -0.25) is 4.90 Å². The molecule has 3 aliphatic rings. The molecule has 7 heteroatoms. The van der Waals surface area contributed by atoms with Crippen molar-refractivity contribution in [1.29, 1.82) is 0 Å². The molecule has 1 fully saturated rings. The molecule has 3 aliphatic heterocycles. The number of nitrogens with zero attached hydrogens (tertiary/aromatic N) is 2. The van der Waals surface area contributed by atoms with E-state index in [4.69, 9.17) is 9.47 Å². The quantitative estimate of drug-likeness (QED) is 0.659. The minimum absolute atomic E-state index is 0.128. The lowest BCUT2D eigenvalue weighted by Crippen LogP contribution is -2.48. The minimum Gasteiger partial charge on any atom is -0.459 e. The second-order valence-electron chi connectivity index (χ2n) is 9.70. The summed E-state index contributed by atoms with van der Waals surface area (Å²) in [6.45, 7) is 9.69. The molecule has 0 aliphatic carbocycles. The first kappa shape index (κ1) is 23.0. The number of rotatable bonds is 6. The third-order valence-corrected chi connectivity index (χ3v) is 7.42. The molecule has 2 unspecified atom stereocenters. The van der Waals surface area contributed by atoms with Gasteiger partial charge in [0.2, 0.25) is 0 Å². The number of esters is 2. The minimum atomic E-state index is -0.580. The van der Waals surface area contributed by atoms with Gasteiger partial charge < -0.3 is 19.5 Å². The second-order valence-corrected chi connectivity index (χ2v) is 9.70. The molecule has 3 heterocycles. The molecule has 180 valence electrons. The molecular formula is C27H32N2O5. The lowest BCUT2D eigenvalue weighted by Gasteiger charge is -2.36. The van der Waals surface area contributed by atoms with E-state index in [1.165, 1.54) is 11.1 Å². The van der Waals surface area contributed by atoms with Crippen molar-refractivity contribution in [3.63, 3.8) is 0 Å². The number of carbonyl (C=O) groups excluding carboxylic acids is 2. The zero-order valence-electron chi connectivity index (χ0n) is 19.9. The summed E-state index contributed by atoms with van der Waals surface area (Å²) < 4.78 is 10.5. The first-order chi connectivity index (χ1) is 16.4. The number of benzene rings is 2. The van der Waals surface area contributed by atoms with E-state index >= 15 is 0 Å². The van der Waals surface area contributed by atoms with Crippen molar-refractivity contribution in [2.24, 2.45) is 0 Å². The van der Waals surface area contributed by atoms with Crippen molar-refractivity contribution in [2.45, 2.75) is 45.5 Å². The predicted molar refractivity (Wildman–Crippen MR) is 127 cm³/mol. The number of hydrogen-bond acceptors (Lipinski definition) is 7. The van der Waals surface area contributed by atoms with Crippen molar-refractivity contribution in [3.8, 4) is 0 Å². The van der Waals surface area contributed by atoms with E-state index in [1.54, 1.807) is 6.07 Å². The number of fused-ring (bicyclic) bond motifs is 2. The molecule has 2 atom stereocenters. The second kappa shape index (κ2) is 9.49. The van der Waals surface area contributed by atoms with Crippen molar-refractivity contribution in [3.05, 3.63) is 69.3 Å². The van der Waals surface area contributed by atoms with Crippen molar-refractivity contribution < 1.29 is 24.2 Å². The highest BCUT2D eigenvalue weighted by atomic mass is 16.5. The van der Waals surface area contributed by atoms with Gasteiger partial charge in [0, 0.05) is 51.3 Å². The molecule has 0 saturated carbocycles. The van der Waals surface area contributed by atoms with Crippen molar-refractivity contribution in [1.82, 2.24) is 9.80 Å². The molecule has 5 rings (SSSR count). The predicted octanol–water partition coefficient (Wildman–Crippen LogP) is 2.66. The zero-order valence-corrected chi connectivity index (χ0v) is 19.9. The monoisotopic (exact) mass is 464 g/mol. The van der Waals surface area contributed by atoms with Crippen LogP contribution in [0.4, 0.5) is 0 Å². The number of ether oxygens (including phenoxy) is 2. The largest absolute Gasteiger partial charge is 0.459 e. The molecule has 0 radical (unpaired) electrons. The average Bonchev–Trinajstić information content (AvgIpc) is 3.20. The molecule has 0 amide bonds. The fraction of sp³-hybridized carbons (Fsp3) is 0.481. The molecule has 0 bridgehead atoms. The summed E-state index contributed by atoms with van der Waals surface area (Å²) in [6.07, 6.45) is 0.931. The fourth-order valence-electron chi connectivity index (χ4n) is 5.28. The summed E-state index contributed by atoms with van der Waals surface area (Å²) in [6, 6.07) is 9.55. The van der Waals surface area contributed by atoms with Gasteiger partial charge in [-0.05, 0) is 54.7 Å². The fourth-order valence-corrected chi connectivity index (χ4v) is 5.28. The van der Waals surface area contributed by atoms with Gasteiger partial charge in [-0.2, -0.15) is 0 Å². The molecule has 1 N–H and O–H groups in total. The Balaban J connectivity index is 1.12. The van der Waals surface area contributed by atoms with Crippen LogP contribution in [0.5, 0.6) is 0 Å². The first-order valence-electron chi connectivity index (χ1n) is 12.1. The number of aliphatic hydroxyl groups excluding tert-OH is 1. The van der Waals surface area contributed by atoms with Crippen LogP contribution in [-0.2, 0) is 28.9 Å². The number of hydrogen-bond donors (Lipinski definition) is 1. The smallest absolute Gasteiger partial charge is 0.338 e. The normalized spacial score (nSPS) is 21.6. The first-order valence-corrected chi connectivity index (χ1v) is 12.1. The number of aliphatic hydroxyl groups is 1. The molecule has 0 aromatic heterocycles. The van der Waals surface area contributed by atoms with Gasteiger partial charge in [-0.1, -0.05) is 18.2 Å². The Labute approximate surface area is 200 Å². The summed E-state index contributed by atoms with van der Waals surface area (Å²) >= 11 is 0. The van der Waals surface area contributed by atoms with Crippen LogP contribution in [0.2, 0.25) is 0 Å². The van der Waals surface area contributed by atoms with Crippen LogP contribution in [0.1, 0.15) is 61.6 Å². The topological polar surface area (TPSA) is 79.3 Å². The van der Waals surface area contributed by atoms with Gasteiger partial charge in [-0.15, -0.1) is 0 Å². The Morgan fingerprint density at radius 2 is 1.76 bits per heavy atom. The van der Waals surface area contributed by atoms with Gasteiger partial charge >= 0.3 is 11.9 Å². The summed E-state index contributed by atoms with van der Waals surface area (Å²) in [5.74, 6) is -0.488. The lowest BCUT2D eigenvalue weighted by atomic mass is 9.95. The number of piperazine rings is 1. The highest BCUT2D eigenvalue weighted by molar-refractivity contribution is 5.94. The third-order valence-electron chi connectivity index (χ3n) is 7.42. The third kappa shape index (κ3) is 4.60. The molecule has 2 aromatic carbocycles.